The van der Waals surface area contributed by atoms with Gasteiger partial charge in [0.05, 0.1) is 12.7 Å². The van der Waals surface area contributed by atoms with Gasteiger partial charge in [-0.2, -0.15) is 0 Å². The SMILES string of the molecule is CCNC(=O)c1cc(OC)cc(N=O)c1O. The number of rotatable bonds is 4. The van der Waals surface area contributed by atoms with E-state index in [0.717, 1.165) is 0 Å². The van der Waals surface area contributed by atoms with Crippen molar-refractivity contribution in [1.82, 2.24) is 5.32 Å². The number of carbonyl (C=O) groups is 1. The molecule has 0 saturated carbocycles. The monoisotopic (exact) mass is 224 g/mol. The zero-order valence-corrected chi connectivity index (χ0v) is 8.98. The van der Waals surface area contributed by atoms with Crippen molar-refractivity contribution in [2.45, 2.75) is 6.92 Å². The maximum atomic E-state index is 11.5. The van der Waals surface area contributed by atoms with Gasteiger partial charge in [-0.05, 0) is 18.2 Å². The highest BCUT2D eigenvalue weighted by atomic mass is 16.5. The minimum absolute atomic E-state index is 0.0317. The molecule has 0 atom stereocenters. The zero-order valence-electron chi connectivity index (χ0n) is 8.98. The topological polar surface area (TPSA) is 88.0 Å². The van der Waals surface area contributed by atoms with E-state index in [9.17, 15) is 14.8 Å². The van der Waals surface area contributed by atoms with Gasteiger partial charge < -0.3 is 15.2 Å². The molecule has 0 aromatic heterocycles. The number of amides is 1. The largest absolute Gasteiger partial charge is 0.505 e. The smallest absolute Gasteiger partial charge is 0.255 e. The molecule has 6 heteroatoms. The number of hydrogen-bond donors (Lipinski definition) is 2. The van der Waals surface area contributed by atoms with Gasteiger partial charge in [0, 0.05) is 12.6 Å². The predicted octanol–water partition coefficient (Wildman–Crippen LogP) is 1.55. The van der Waals surface area contributed by atoms with E-state index in [2.05, 4.69) is 10.5 Å². The van der Waals surface area contributed by atoms with E-state index in [1.165, 1.54) is 19.2 Å². The molecule has 1 aromatic rings. The van der Waals surface area contributed by atoms with Crippen molar-refractivity contribution in [2.24, 2.45) is 5.18 Å². The number of aromatic hydroxyl groups is 1. The van der Waals surface area contributed by atoms with Gasteiger partial charge in [0.25, 0.3) is 5.91 Å². The third-order valence-corrected chi connectivity index (χ3v) is 1.98. The summed E-state index contributed by atoms with van der Waals surface area (Å²) in [7, 11) is 1.39. The lowest BCUT2D eigenvalue weighted by Gasteiger charge is -2.08. The number of nitrogens with zero attached hydrogens (tertiary/aromatic N) is 1. The number of nitroso groups, excluding NO2 is 1. The molecule has 0 saturated heterocycles. The van der Waals surface area contributed by atoms with E-state index in [4.69, 9.17) is 4.74 Å². The lowest BCUT2D eigenvalue weighted by molar-refractivity contribution is 0.0953. The summed E-state index contributed by atoms with van der Waals surface area (Å²) < 4.78 is 4.89. The van der Waals surface area contributed by atoms with Crippen LogP contribution in [-0.2, 0) is 0 Å². The van der Waals surface area contributed by atoms with E-state index >= 15 is 0 Å². The highest BCUT2D eigenvalue weighted by Crippen LogP contribution is 2.34. The highest BCUT2D eigenvalue weighted by Gasteiger charge is 2.16. The number of phenolic OH excluding ortho intramolecular Hbond substituents is 1. The molecule has 0 spiro atoms. The lowest BCUT2D eigenvalue weighted by Crippen LogP contribution is -2.22. The second kappa shape index (κ2) is 5.11. The fourth-order valence-electron chi connectivity index (χ4n) is 1.21. The molecular weight excluding hydrogens is 212 g/mol. The molecule has 0 fully saturated rings. The van der Waals surface area contributed by atoms with Crippen LogP contribution in [0.4, 0.5) is 5.69 Å². The molecule has 0 aliphatic rings. The summed E-state index contributed by atoms with van der Waals surface area (Å²) in [4.78, 5) is 22.0. The number of benzene rings is 1. The molecule has 0 radical (unpaired) electrons. The Morgan fingerprint density at radius 1 is 1.56 bits per heavy atom. The number of phenols is 1. The molecule has 1 aromatic carbocycles. The van der Waals surface area contributed by atoms with Gasteiger partial charge in [0.2, 0.25) is 0 Å². The number of nitrogens with one attached hydrogen (secondary N) is 1. The summed E-state index contributed by atoms with van der Waals surface area (Å²) in [6.07, 6.45) is 0. The first-order valence-electron chi connectivity index (χ1n) is 4.66. The van der Waals surface area contributed by atoms with E-state index in [-0.39, 0.29) is 17.0 Å². The summed E-state index contributed by atoms with van der Waals surface area (Å²) >= 11 is 0. The van der Waals surface area contributed by atoms with Gasteiger partial charge in [-0.25, -0.2) is 0 Å². The maximum Gasteiger partial charge on any atom is 0.255 e. The van der Waals surface area contributed by atoms with E-state index in [0.29, 0.717) is 6.54 Å². The standard InChI is InChI=1S/C10H12N2O4/c1-3-11-10(14)7-4-6(16-2)5-8(12-15)9(7)13/h4-5,13H,3H2,1-2H3,(H,11,14). The number of ether oxygens (including phenoxy) is 1. The van der Waals surface area contributed by atoms with Crippen LogP contribution in [0.1, 0.15) is 17.3 Å². The Hall–Kier alpha value is -2.11. The summed E-state index contributed by atoms with van der Waals surface area (Å²) in [5.41, 5.74) is -0.253. The van der Waals surface area contributed by atoms with Crippen molar-refractivity contribution >= 4 is 11.6 Å². The average Bonchev–Trinajstić information content (AvgIpc) is 2.29. The number of carbonyl (C=O) groups excluding carboxylic acids is 1. The first-order valence-corrected chi connectivity index (χ1v) is 4.66. The van der Waals surface area contributed by atoms with Gasteiger partial charge in [-0.3, -0.25) is 4.79 Å². The molecular formula is C10H12N2O4. The van der Waals surface area contributed by atoms with Crippen LogP contribution in [0.3, 0.4) is 0 Å². The number of methoxy groups -OCH3 is 1. The average molecular weight is 224 g/mol. The van der Waals surface area contributed by atoms with E-state index < -0.39 is 11.7 Å². The highest BCUT2D eigenvalue weighted by molar-refractivity contribution is 5.98. The first kappa shape index (κ1) is 12.0. The minimum Gasteiger partial charge on any atom is -0.505 e. The Kier molecular flexibility index (Phi) is 3.82. The van der Waals surface area contributed by atoms with Crippen LogP contribution >= 0.6 is 0 Å². The van der Waals surface area contributed by atoms with Crippen LogP contribution in [-0.4, -0.2) is 24.7 Å². The van der Waals surface area contributed by atoms with Crippen LogP contribution in [0.15, 0.2) is 17.3 Å². The summed E-state index contributed by atoms with van der Waals surface area (Å²) in [6.45, 7) is 2.16. The normalized spacial score (nSPS) is 9.62. The van der Waals surface area contributed by atoms with Crippen LogP contribution in [0.2, 0.25) is 0 Å². The molecule has 6 nitrogen and oxygen atoms in total. The Morgan fingerprint density at radius 3 is 2.75 bits per heavy atom. The Labute approximate surface area is 92.2 Å². The van der Waals surface area contributed by atoms with E-state index in [1.54, 1.807) is 6.92 Å². The third kappa shape index (κ3) is 2.28. The van der Waals surface area contributed by atoms with Crippen LogP contribution < -0.4 is 10.1 Å². The fraction of sp³-hybridized carbons (Fsp3) is 0.300. The summed E-state index contributed by atoms with van der Waals surface area (Å²) in [5, 5.41) is 14.7. The zero-order chi connectivity index (χ0) is 12.1. The van der Waals surface area contributed by atoms with E-state index in [1.807, 2.05) is 0 Å². The van der Waals surface area contributed by atoms with Gasteiger partial charge in [-0.1, -0.05) is 0 Å². The Morgan fingerprint density at radius 2 is 2.25 bits per heavy atom. The maximum absolute atomic E-state index is 11.5. The predicted molar refractivity (Wildman–Crippen MR) is 58.1 cm³/mol. The third-order valence-electron chi connectivity index (χ3n) is 1.98. The van der Waals surface area contributed by atoms with Gasteiger partial charge >= 0.3 is 0 Å². The molecule has 0 bridgehead atoms. The molecule has 1 rings (SSSR count). The van der Waals surface area contributed by atoms with Gasteiger partial charge in [0.1, 0.15) is 5.75 Å². The molecule has 16 heavy (non-hydrogen) atoms. The quantitative estimate of drug-likeness (QED) is 0.759. The van der Waals surface area contributed by atoms with Crippen molar-refractivity contribution in [3.05, 3.63) is 22.6 Å². The molecule has 0 unspecified atom stereocenters. The van der Waals surface area contributed by atoms with Crippen LogP contribution in [0.5, 0.6) is 11.5 Å². The summed E-state index contributed by atoms with van der Waals surface area (Å²) in [5.74, 6) is -0.640. The van der Waals surface area contributed by atoms with Crippen molar-refractivity contribution in [1.29, 1.82) is 0 Å². The molecule has 1 amide bonds. The van der Waals surface area contributed by atoms with Gasteiger partial charge in [-0.15, -0.1) is 4.91 Å². The summed E-state index contributed by atoms with van der Waals surface area (Å²) in [6, 6.07) is 2.60. The minimum atomic E-state index is -0.483. The molecule has 0 heterocycles. The van der Waals surface area contributed by atoms with Crippen LogP contribution in [0.25, 0.3) is 0 Å². The molecule has 2 N–H and O–H groups in total. The molecule has 86 valence electrons. The van der Waals surface area contributed by atoms with Crippen molar-refractivity contribution in [3.8, 4) is 11.5 Å². The second-order valence-electron chi connectivity index (χ2n) is 2.99. The molecule has 0 aliphatic heterocycles. The second-order valence-corrected chi connectivity index (χ2v) is 2.99. The lowest BCUT2D eigenvalue weighted by atomic mass is 10.1. The van der Waals surface area contributed by atoms with Gasteiger partial charge in [0.15, 0.2) is 11.4 Å². The van der Waals surface area contributed by atoms with Crippen molar-refractivity contribution < 1.29 is 14.6 Å². The first-order chi connectivity index (χ1) is 7.63. The molecule has 0 aliphatic carbocycles. The Balaban J connectivity index is 3.25. The fourth-order valence-corrected chi connectivity index (χ4v) is 1.21. The Bertz CT molecular complexity index is 418. The van der Waals surface area contributed by atoms with Crippen molar-refractivity contribution in [2.75, 3.05) is 13.7 Å². The van der Waals surface area contributed by atoms with Crippen LogP contribution in [0, 0.1) is 4.91 Å². The number of hydrogen-bond acceptors (Lipinski definition) is 5. The van der Waals surface area contributed by atoms with Crippen molar-refractivity contribution in [3.63, 3.8) is 0 Å².